The zero-order valence-corrected chi connectivity index (χ0v) is 13.9. The van der Waals surface area contributed by atoms with E-state index in [2.05, 4.69) is 31.1 Å². The lowest BCUT2D eigenvalue weighted by Gasteiger charge is -2.40. The van der Waals surface area contributed by atoms with Crippen molar-refractivity contribution in [1.29, 1.82) is 0 Å². The first-order valence-electron chi connectivity index (χ1n) is 8.21. The molecule has 5 nitrogen and oxygen atoms in total. The highest BCUT2D eigenvalue weighted by Gasteiger charge is 2.41. The number of nitrogens with zero attached hydrogens (tertiary/aromatic N) is 1. The summed E-state index contributed by atoms with van der Waals surface area (Å²) in [5.41, 5.74) is 0. The normalized spacial score (nSPS) is 23.9. The second-order valence-corrected chi connectivity index (χ2v) is 6.82. The van der Waals surface area contributed by atoms with Crippen LogP contribution in [-0.2, 0) is 14.3 Å². The first-order chi connectivity index (χ1) is 9.93. The van der Waals surface area contributed by atoms with E-state index in [0.29, 0.717) is 25.2 Å². The molecule has 1 unspecified atom stereocenters. The van der Waals surface area contributed by atoms with Gasteiger partial charge < -0.3 is 14.8 Å². The summed E-state index contributed by atoms with van der Waals surface area (Å²) in [5, 5.41) is 3.02. The summed E-state index contributed by atoms with van der Waals surface area (Å²) in [4.78, 5) is 14.4. The summed E-state index contributed by atoms with van der Waals surface area (Å²) in [5.74, 6) is 0.290. The van der Waals surface area contributed by atoms with Gasteiger partial charge in [0.05, 0.1) is 19.3 Å². The molecule has 1 aliphatic heterocycles. The molecule has 1 heterocycles. The number of ether oxygens (including phenoxy) is 2. The lowest BCUT2D eigenvalue weighted by atomic mass is 9.88. The minimum Gasteiger partial charge on any atom is -0.354 e. The van der Waals surface area contributed by atoms with Crippen molar-refractivity contribution in [3.63, 3.8) is 0 Å². The van der Waals surface area contributed by atoms with E-state index in [-0.39, 0.29) is 17.7 Å². The zero-order valence-electron chi connectivity index (χ0n) is 13.9. The second-order valence-electron chi connectivity index (χ2n) is 6.82. The Hall–Kier alpha value is -0.650. The van der Waals surface area contributed by atoms with Crippen molar-refractivity contribution in [3.8, 4) is 0 Å². The van der Waals surface area contributed by atoms with E-state index in [4.69, 9.17) is 9.47 Å². The summed E-state index contributed by atoms with van der Waals surface area (Å²) in [6, 6.07) is 0.344. The van der Waals surface area contributed by atoms with Crippen LogP contribution >= 0.6 is 0 Å². The molecule has 1 N–H and O–H groups in total. The highest BCUT2D eigenvalue weighted by atomic mass is 16.7. The lowest BCUT2D eigenvalue weighted by molar-refractivity contribution is -0.184. The number of nitrogens with one attached hydrogen (secondary N) is 1. The van der Waals surface area contributed by atoms with Crippen LogP contribution < -0.4 is 5.32 Å². The molecular weight excluding hydrogens is 268 g/mol. The van der Waals surface area contributed by atoms with Gasteiger partial charge in [-0.1, -0.05) is 13.8 Å². The fourth-order valence-electron chi connectivity index (χ4n) is 3.19. The van der Waals surface area contributed by atoms with Gasteiger partial charge in [-0.15, -0.1) is 0 Å². The third kappa shape index (κ3) is 4.18. The van der Waals surface area contributed by atoms with E-state index in [1.165, 1.54) is 0 Å². The summed E-state index contributed by atoms with van der Waals surface area (Å²) in [7, 11) is 2.05. The molecule has 122 valence electrons. The molecule has 0 aromatic heterocycles. The average Bonchev–Trinajstić information content (AvgIpc) is 2.92. The van der Waals surface area contributed by atoms with Gasteiger partial charge in [0.2, 0.25) is 5.91 Å². The van der Waals surface area contributed by atoms with E-state index < -0.39 is 0 Å². The molecule has 2 fully saturated rings. The number of rotatable bonds is 5. The number of likely N-dealkylation sites (N-methyl/N-ethyl adjacent to an activating group) is 1. The molecule has 0 radical (unpaired) electrons. The van der Waals surface area contributed by atoms with E-state index in [1.807, 2.05) is 6.92 Å². The van der Waals surface area contributed by atoms with Crippen molar-refractivity contribution in [3.05, 3.63) is 0 Å². The second kappa shape index (κ2) is 7.07. The van der Waals surface area contributed by atoms with Gasteiger partial charge in [-0.2, -0.15) is 0 Å². The Labute approximate surface area is 128 Å². The van der Waals surface area contributed by atoms with Gasteiger partial charge in [0, 0.05) is 25.4 Å². The van der Waals surface area contributed by atoms with Crippen LogP contribution in [0.25, 0.3) is 0 Å². The molecule has 5 heteroatoms. The van der Waals surface area contributed by atoms with E-state index >= 15 is 0 Å². The van der Waals surface area contributed by atoms with Crippen molar-refractivity contribution in [1.82, 2.24) is 10.2 Å². The fraction of sp³-hybridized carbons (Fsp3) is 0.938. The Morgan fingerprint density at radius 1 is 1.24 bits per heavy atom. The monoisotopic (exact) mass is 298 g/mol. The summed E-state index contributed by atoms with van der Waals surface area (Å²) in [6.45, 7) is 8.38. The number of hydrogen-bond donors (Lipinski definition) is 1. The minimum atomic E-state index is -0.319. The predicted molar refractivity (Wildman–Crippen MR) is 82.0 cm³/mol. The standard InChI is InChI=1S/C16H30N2O3/c1-12(2)11-17-15(19)13(3)18(4)14-5-7-16(8-6-14)20-9-10-21-16/h12-14H,5-11H2,1-4H3,(H,17,19). The van der Waals surface area contributed by atoms with E-state index in [9.17, 15) is 4.79 Å². The molecule has 0 aromatic rings. The maximum absolute atomic E-state index is 12.2. The zero-order chi connectivity index (χ0) is 15.5. The molecule has 0 bridgehead atoms. The van der Waals surface area contributed by atoms with Crippen molar-refractivity contribution >= 4 is 5.91 Å². The largest absolute Gasteiger partial charge is 0.354 e. The topological polar surface area (TPSA) is 50.8 Å². The van der Waals surface area contributed by atoms with Gasteiger partial charge >= 0.3 is 0 Å². The number of carbonyl (C=O) groups is 1. The fourth-order valence-corrected chi connectivity index (χ4v) is 3.19. The Morgan fingerprint density at radius 3 is 2.33 bits per heavy atom. The van der Waals surface area contributed by atoms with Gasteiger partial charge in [-0.25, -0.2) is 0 Å². The first-order valence-corrected chi connectivity index (χ1v) is 8.21. The molecule has 1 atom stereocenters. The average molecular weight is 298 g/mol. The van der Waals surface area contributed by atoms with Crippen LogP contribution in [0.1, 0.15) is 46.5 Å². The third-order valence-electron chi connectivity index (χ3n) is 4.78. The smallest absolute Gasteiger partial charge is 0.237 e. The van der Waals surface area contributed by atoms with E-state index in [1.54, 1.807) is 0 Å². The quantitative estimate of drug-likeness (QED) is 0.840. The molecule has 1 saturated heterocycles. The molecule has 0 aromatic carbocycles. The van der Waals surface area contributed by atoms with Crippen LogP contribution in [0.15, 0.2) is 0 Å². The van der Waals surface area contributed by atoms with Crippen molar-refractivity contribution < 1.29 is 14.3 Å². The SMILES string of the molecule is CC(C)CNC(=O)C(C)N(C)C1CCC2(CC1)OCCO2. The Kier molecular flexibility index (Phi) is 5.63. The van der Waals surface area contributed by atoms with E-state index in [0.717, 1.165) is 32.2 Å². The molecule has 1 aliphatic carbocycles. The van der Waals surface area contributed by atoms with Crippen molar-refractivity contribution in [2.75, 3.05) is 26.8 Å². The van der Waals surface area contributed by atoms with Crippen molar-refractivity contribution in [2.24, 2.45) is 5.92 Å². The molecule has 1 spiro atoms. The molecule has 1 amide bonds. The lowest BCUT2D eigenvalue weighted by Crippen LogP contribution is -2.51. The molecule has 1 saturated carbocycles. The van der Waals surface area contributed by atoms with Crippen LogP contribution in [0.3, 0.4) is 0 Å². The summed E-state index contributed by atoms with van der Waals surface area (Å²) >= 11 is 0. The molecule has 2 rings (SSSR count). The highest BCUT2D eigenvalue weighted by molar-refractivity contribution is 5.81. The van der Waals surface area contributed by atoms with Gasteiger partial charge in [0.1, 0.15) is 0 Å². The predicted octanol–water partition coefficient (Wildman–Crippen LogP) is 1.76. The van der Waals surface area contributed by atoms with Crippen molar-refractivity contribution in [2.45, 2.75) is 64.3 Å². The number of amides is 1. The number of carbonyl (C=O) groups excluding carboxylic acids is 1. The van der Waals surface area contributed by atoms with Crippen LogP contribution in [0.5, 0.6) is 0 Å². The summed E-state index contributed by atoms with van der Waals surface area (Å²) in [6.07, 6.45) is 3.92. The van der Waals surface area contributed by atoms with Gasteiger partial charge in [-0.3, -0.25) is 9.69 Å². The van der Waals surface area contributed by atoms with Crippen LogP contribution in [-0.4, -0.2) is 55.5 Å². The molecule has 2 aliphatic rings. The van der Waals surface area contributed by atoms with Crippen LogP contribution in [0.2, 0.25) is 0 Å². The highest BCUT2D eigenvalue weighted by Crippen LogP contribution is 2.37. The number of hydrogen-bond acceptors (Lipinski definition) is 4. The summed E-state index contributed by atoms with van der Waals surface area (Å²) < 4.78 is 11.5. The third-order valence-corrected chi connectivity index (χ3v) is 4.78. The first kappa shape index (κ1) is 16.7. The maximum Gasteiger partial charge on any atom is 0.237 e. The molecular formula is C16H30N2O3. The van der Waals surface area contributed by atoms with Crippen LogP contribution in [0.4, 0.5) is 0 Å². The molecule has 21 heavy (non-hydrogen) atoms. The van der Waals surface area contributed by atoms with Gasteiger partial charge in [0.25, 0.3) is 0 Å². The van der Waals surface area contributed by atoms with Gasteiger partial charge in [0.15, 0.2) is 5.79 Å². The van der Waals surface area contributed by atoms with Crippen LogP contribution in [0, 0.1) is 5.92 Å². The Balaban J connectivity index is 1.80. The Bertz CT molecular complexity index is 343. The van der Waals surface area contributed by atoms with Gasteiger partial charge in [-0.05, 0) is 32.7 Å². The maximum atomic E-state index is 12.2. The Morgan fingerprint density at radius 2 is 1.81 bits per heavy atom. The minimum absolute atomic E-state index is 0.0896.